The molecular weight excluding hydrogens is 581 g/mol. The average Bonchev–Trinajstić information content (AvgIpc) is 3.15. The van der Waals surface area contributed by atoms with Crippen molar-refractivity contribution in [3.8, 4) is 11.1 Å². The number of aryl methyl sites for hydroxylation is 2. The van der Waals surface area contributed by atoms with E-state index in [-0.39, 0.29) is 0 Å². The zero-order chi connectivity index (χ0) is 32.7. The molecule has 0 unspecified atom stereocenters. The summed E-state index contributed by atoms with van der Waals surface area (Å²) in [5.41, 5.74) is 14.0. The molecule has 0 aliphatic rings. The van der Waals surface area contributed by atoms with E-state index < -0.39 is 0 Å². The van der Waals surface area contributed by atoms with Crippen LogP contribution in [0.15, 0.2) is 182 Å². The van der Waals surface area contributed by atoms with Crippen molar-refractivity contribution in [2.75, 3.05) is 9.80 Å². The number of hydrogen-bond acceptors (Lipinski definition) is 2. The van der Waals surface area contributed by atoms with Crippen LogP contribution < -0.4 is 9.80 Å². The van der Waals surface area contributed by atoms with E-state index in [2.05, 4.69) is 218 Å². The molecule has 48 heavy (non-hydrogen) atoms. The highest BCUT2D eigenvalue weighted by molar-refractivity contribution is 5.80. The first-order valence-electron chi connectivity index (χ1n) is 16.4. The number of nitrogens with zero attached hydrogens (tertiary/aromatic N) is 2. The molecule has 0 fully saturated rings. The fourth-order valence-electron chi connectivity index (χ4n) is 5.95. The molecule has 7 aromatic rings. The maximum Gasteiger partial charge on any atom is 0.0462 e. The zero-order valence-electron chi connectivity index (χ0n) is 27.4. The van der Waals surface area contributed by atoms with Gasteiger partial charge in [0.05, 0.1) is 0 Å². The first-order valence-corrected chi connectivity index (χ1v) is 16.4. The Morgan fingerprint density at radius 3 is 0.938 bits per heavy atom. The molecule has 0 bridgehead atoms. The van der Waals surface area contributed by atoms with Gasteiger partial charge in [0.2, 0.25) is 0 Å². The summed E-state index contributed by atoms with van der Waals surface area (Å²) < 4.78 is 0. The third kappa shape index (κ3) is 6.99. The van der Waals surface area contributed by atoms with Crippen molar-refractivity contribution in [3.05, 3.63) is 204 Å². The van der Waals surface area contributed by atoms with E-state index in [1.807, 2.05) is 0 Å². The summed E-state index contributed by atoms with van der Waals surface area (Å²) in [5.74, 6) is 0. The van der Waals surface area contributed by atoms with Gasteiger partial charge in [0.25, 0.3) is 0 Å². The molecule has 2 heteroatoms. The first-order chi connectivity index (χ1) is 23.6. The van der Waals surface area contributed by atoms with E-state index in [1.165, 1.54) is 27.8 Å². The van der Waals surface area contributed by atoms with Crippen molar-refractivity contribution in [3.63, 3.8) is 0 Å². The smallest absolute Gasteiger partial charge is 0.0462 e. The summed E-state index contributed by atoms with van der Waals surface area (Å²) in [6.07, 6.45) is 4.35. The molecule has 0 aliphatic heterocycles. The van der Waals surface area contributed by atoms with Crippen LogP contribution in [0.3, 0.4) is 0 Å². The van der Waals surface area contributed by atoms with Crippen LogP contribution in [0.2, 0.25) is 0 Å². The van der Waals surface area contributed by atoms with Crippen molar-refractivity contribution < 1.29 is 0 Å². The molecule has 0 radical (unpaired) electrons. The molecule has 0 N–H and O–H groups in total. The number of rotatable bonds is 9. The monoisotopic (exact) mass is 618 g/mol. The lowest BCUT2D eigenvalue weighted by atomic mass is 10.0. The normalized spacial score (nSPS) is 11.0. The fourth-order valence-corrected chi connectivity index (χ4v) is 5.95. The number of hydrogen-bond donors (Lipinski definition) is 0. The van der Waals surface area contributed by atoms with Gasteiger partial charge in [-0.2, -0.15) is 0 Å². The summed E-state index contributed by atoms with van der Waals surface area (Å²) in [5, 5.41) is 0. The Morgan fingerprint density at radius 1 is 0.292 bits per heavy atom. The Hall–Kier alpha value is -6.12. The van der Waals surface area contributed by atoms with E-state index >= 15 is 0 Å². The van der Waals surface area contributed by atoms with Gasteiger partial charge in [-0.3, -0.25) is 0 Å². The minimum absolute atomic E-state index is 1.13. The highest BCUT2D eigenvalue weighted by atomic mass is 15.1. The fraction of sp³-hybridized carbons (Fsp3) is 0.0435. The second-order valence-corrected chi connectivity index (χ2v) is 12.1. The van der Waals surface area contributed by atoms with Gasteiger partial charge in [-0.1, -0.05) is 132 Å². The molecule has 0 saturated heterocycles. The van der Waals surface area contributed by atoms with Gasteiger partial charge in [-0.05, 0) is 109 Å². The van der Waals surface area contributed by atoms with Gasteiger partial charge < -0.3 is 9.80 Å². The third-order valence-electron chi connectivity index (χ3n) is 8.60. The van der Waals surface area contributed by atoms with Crippen molar-refractivity contribution >= 4 is 46.3 Å². The Morgan fingerprint density at radius 2 is 0.562 bits per heavy atom. The average molecular weight is 619 g/mol. The molecular formula is C46H38N2. The zero-order valence-corrected chi connectivity index (χ0v) is 27.4. The van der Waals surface area contributed by atoms with Crippen LogP contribution in [-0.4, -0.2) is 0 Å². The molecule has 7 aromatic carbocycles. The number of benzene rings is 7. The van der Waals surface area contributed by atoms with E-state index in [0.717, 1.165) is 39.7 Å². The summed E-state index contributed by atoms with van der Waals surface area (Å²) in [6.45, 7) is 4.24. The molecule has 0 heterocycles. The highest BCUT2D eigenvalue weighted by Crippen LogP contribution is 2.36. The topological polar surface area (TPSA) is 6.48 Å². The molecule has 0 spiro atoms. The largest absolute Gasteiger partial charge is 0.311 e. The van der Waals surface area contributed by atoms with Gasteiger partial charge >= 0.3 is 0 Å². The van der Waals surface area contributed by atoms with Crippen LogP contribution >= 0.6 is 0 Å². The molecule has 0 aliphatic carbocycles. The minimum atomic E-state index is 1.13. The third-order valence-corrected chi connectivity index (χ3v) is 8.60. The Kier molecular flexibility index (Phi) is 8.97. The molecule has 232 valence electrons. The quantitative estimate of drug-likeness (QED) is 0.149. The molecule has 7 rings (SSSR count). The highest BCUT2D eigenvalue weighted by Gasteiger charge is 2.13. The number of para-hydroxylation sites is 2. The van der Waals surface area contributed by atoms with Crippen LogP contribution in [-0.2, 0) is 0 Å². The molecule has 0 atom stereocenters. The Balaban J connectivity index is 1.06. The Labute approximate surface area is 284 Å². The molecule has 0 aromatic heterocycles. The molecule has 0 saturated carbocycles. The van der Waals surface area contributed by atoms with Crippen LogP contribution in [0.4, 0.5) is 34.1 Å². The lowest BCUT2D eigenvalue weighted by Crippen LogP contribution is -2.09. The molecule has 2 nitrogen and oxygen atoms in total. The van der Waals surface area contributed by atoms with Crippen molar-refractivity contribution in [2.45, 2.75) is 13.8 Å². The maximum atomic E-state index is 2.30. The van der Waals surface area contributed by atoms with E-state index in [4.69, 9.17) is 0 Å². The lowest BCUT2D eigenvalue weighted by molar-refractivity contribution is 1.27. The second-order valence-electron chi connectivity index (χ2n) is 12.1. The summed E-state index contributed by atoms with van der Waals surface area (Å²) in [4.78, 5) is 4.59. The Bertz CT molecular complexity index is 2080. The van der Waals surface area contributed by atoms with E-state index in [1.54, 1.807) is 0 Å². The van der Waals surface area contributed by atoms with Crippen LogP contribution in [0.5, 0.6) is 0 Å². The van der Waals surface area contributed by atoms with Gasteiger partial charge in [-0.25, -0.2) is 0 Å². The van der Waals surface area contributed by atoms with Crippen LogP contribution in [0.1, 0.15) is 22.3 Å². The van der Waals surface area contributed by atoms with Crippen LogP contribution in [0.25, 0.3) is 23.3 Å². The van der Waals surface area contributed by atoms with Gasteiger partial charge in [0, 0.05) is 34.1 Å². The summed E-state index contributed by atoms with van der Waals surface area (Å²) in [7, 11) is 0. The van der Waals surface area contributed by atoms with Gasteiger partial charge in [0.15, 0.2) is 0 Å². The minimum Gasteiger partial charge on any atom is -0.311 e. The van der Waals surface area contributed by atoms with Crippen molar-refractivity contribution in [2.24, 2.45) is 0 Å². The van der Waals surface area contributed by atoms with Gasteiger partial charge in [0.1, 0.15) is 0 Å². The van der Waals surface area contributed by atoms with Gasteiger partial charge in [-0.15, -0.1) is 0 Å². The van der Waals surface area contributed by atoms with E-state index in [9.17, 15) is 0 Å². The van der Waals surface area contributed by atoms with Crippen LogP contribution in [0, 0.1) is 13.8 Å². The van der Waals surface area contributed by atoms with Crippen molar-refractivity contribution in [1.82, 2.24) is 0 Å². The maximum absolute atomic E-state index is 2.30. The molecule has 0 amide bonds. The predicted molar refractivity (Wildman–Crippen MR) is 206 cm³/mol. The number of anilines is 6. The standard InChI is InChI=1S/C46H38N2/c1-35-13-27-43(28-14-35)47(41-9-5-3-6-10-41)45-31-21-38(22-32-45)18-17-37-19-23-39(24-20-37)40-25-33-46(34-26-40)48(42-11-7-4-8-12-42)44-29-15-36(2)16-30-44/h3-34H,1-2H3/b18-17+. The SMILES string of the molecule is Cc1ccc(N(c2ccccc2)c2ccc(/C=C/c3ccc(-c4ccc(N(c5ccccc5)c5ccc(C)cc5)cc4)cc3)cc2)cc1. The lowest BCUT2D eigenvalue weighted by Gasteiger charge is -2.25. The summed E-state index contributed by atoms with van der Waals surface area (Å²) >= 11 is 0. The van der Waals surface area contributed by atoms with E-state index in [0.29, 0.717) is 0 Å². The van der Waals surface area contributed by atoms with Crippen molar-refractivity contribution in [1.29, 1.82) is 0 Å². The summed E-state index contributed by atoms with van der Waals surface area (Å²) in [6, 6.07) is 64.8. The second kappa shape index (κ2) is 14.1. The first kappa shape index (κ1) is 30.5. The predicted octanol–water partition coefficient (Wildman–Crippen LogP) is 13.1.